The molecular formula is C22H27BrN2O3. The van der Waals surface area contributed by atoms with Crippen LogP contribution in [0.15, 0.2) is 53.0 Å². The zero-order valence-electron chi connectivity index (χ0n) is 16.6. The number of carbonyl (C=O) groups is 2. The standard InChI is InChI=1S/C22H27BrN2O3/c1-4-12-24-22(27)17(3)25(14-18-7-5-6-16(2)13-18)21(26)15-28-20-10-8-19(23)9-11-20/h5-11,13,17H,4,12,14-15H2,1-3H3,(H,24,27)/t17-/m1/s1. The molecule has 2 aromatic rings. The number of nitrogens with one attached hydrogen (secondary N) is 1. The molecule has 0 fully saturated rings. The predicted octanol–water partition coefficient (Wildman–Crippen LogP) is 4.08. The van der Waals surface area contributed by atoms with E-state index in [1.807, 2.05) is 50.2 Å². The normalized spacial score (nSPS) is 11.6. The van der Waals surface area contributed by atoms with Crippen molar-refractivity contribution in [2.24, 2.45) is 0 Å². The number of halogens is 1. The molecule has 0 saturated carbocycles. The Bertz CT molecular complexity index is 793. The van der Waals surface area contributed by atoms with Gasteiger partial charge < -0.3 is 15.0 Å². The highest BCUT2D eigenvalue weighted by atomic mass is 79.9. The van der Waals surface area contributed by atoms with Gasteiger partial charge in [0.25, 0.3) is 5.91 Å². The predicted molar refractivity (Wildman–Crippen MR) is 114 cm³/mol. The van der Waals surface area contributed by atoms with Crippen LogP contribution in [0.1, 0.15) is 31.4 Å². The molecule has 0 spiro atoms. The number of carbonyl (C=O) groups excluding carboxylic acids is 2. The maximum absolute atomic E-state index is 12.9. The first-order chi connectivity index (χ1) is 13.4. The average molecular weight is 447 g/mol. The summed E-state index contributed by atoms with van der Waals surface area (Å²) in [5.74, 6) is 0.213. The Hall–Kier alpha value is -2.34. The van der Waals surface area contributed by atoms with Crippen LogP contribution in [0.4, 0.5) is 0 Å². The number of nitrogens with zero attached hydrogens (tertiary/aromatic N) is 1. The molecule has 2 aromatic carbocycles. The Morgan fingerprint density at radius 1 is 1.18 bits per heavy atom. The molecule has 0 heterocycles. The molecule has 0 saturated heterocycles. The van der Waals surface area contributed by atoms with Gasteiger partial charge >= 0.3 is 0 Å². The number of rotatable bonds is 9. The summed E-state index contributed by atoms with van der Waals surface area (Å²) >= 11 is 3.37. The van der Waals surface area contributed by atoms with Gasteiger partial charge in [-0.05, 0) is 50.1 Å². The van der Waals surface area contributed by atoms with Crippen molar-refractivity contribution in [3.8, 4) is 5.75 Å². The minimum atomic E-state index is -0.590. The molecule has 28 heavy (non-hydrogen) atoms. The van der Waals surface area contributed by atoms with Gasteiger partial charge in [-0.3, -0.25) is 9.59 Å². The van der Waals surface area contributed by atoms with E-state index in [9.17, 15) is 9.59 Å². The molecule has 0 aromatic heterocycles. The Morgan fingerprint density at radius 2 is 1.89 bits per heavy atom. The Morgan fingerprint density at radius 3 is 2.54 bits per heavy atom. The smallest absolute Gasteiger partial charge is 0.261 e. The van der Waals surface area contributed by atoms with E-state index in [1.165, 1.54) is 0 Å². The van der Waals surface area contributed by atoms with E-state index in [2.05, 4.69) is 21.2 Å². The summed E-state index contributed by atoms with van der Waals surface area (Å²) in [5.41, 5.74) is 2.09. The van der Waals surface area contributed by atoms with Gasteiger partial charge in [-0.2, -0.15) is 0 Å². The monoisotopic (exact) mass is 446 g/mol. The van der Waals surface area contributed by atoms with Gasteiger partial charge in [0.1, 0.15) is 11.8 Å². The summed E-state index contributed by atoms with van der Waals surface area (Å²) in [6.07, 6.45) is 0.844. The highest BCUT2D eigenvalue weighted by Crippen LogP contribution is 2.17. The van der Waals surface area contributed by atoms with Gasteiger partial charge in [0.2, 0.25) is 5.91 Å². The molecule has 6 heteroatoms. The third-order valence-corrected chi connectivity index (χ3v) is 4.86. The lowest BCUT2D eigenvalue weighted by Gasteiger charge is -2.28. The summed E-state index contributed by atoms with van der Waals surface area (Å²) < 4.78 is 6.57. The molecule has 1 N–H and O–H groups in total. The van der Waals surface area contributed by atoms with E-state index in [1.54, 1.807) is 24.0 Å². The van der Waals surface area contributed by atoms with Crippen LogP contribution < -0.4 is 10.1 Å². The number of ether oxygens (including phenoxy) is 1. The Balaban J connectivity index is 2.12. The summed E-state index contributed by atoms with van der Waals surface area (Å²) in [5, 5.41) is 2.87. The van der Waals surface area contributed by atoms with Crippen LogP contribution in [0.3, 0.4) is 0 Å². The molecule has 5 nitrogen and oxygen atoms in total. The third-order valence-electron chi connectivity index (χ3n) is 4.33. The molecule has 0 aliphatic carbocycles. The highest BCUT2D eigenvalue weighted by molar-refractivity contribution is 9.10. The van der Waals surface area contributed by atoms with E-state index in [4.69, 9.17) is 4.74 Å². The number of aryl methyl sites for hydroxylation is 1. The zero-order chi connectivity index (χ0) is 20.5. The second kappa shape index (κ2) is 10.9. The number of benzene rings is 2. The SMILES string of the molecule is CCCNC(=O)[C@@H](C)N(Cc1cccc(C)c1)C(=O)COc1ccc(Br)cc1. The van der Waals surface area contributed by atoms with Crippen LogP contribution in [-0.2, 0) is 16.1 Å². The Labute approximate surface area is 175 Å². The van der Waals surface area contributed by atoms with Crippen LogP contribution in [0.5, 0.6) is 5.75 Å². The van der Waals surface area contributed by atoms with E-state index in [-0.39, 0.29) is 18.4 Å². The summed E-state index contributed by atoms with van der Waals surface area (Å²) in [6, 6.07) is 14.6. The average Bonchev–Trinajstić information content (AvgIpc) is 2.69. The molecule has 0 bridgehead atoms. The second-order valence-corrected chi connectivity index (χ2v) is 7.64. The van der Waals surface area contributed by atoms with Crippen molar-refractivity contribution in [2.45, 2.75) is 39.8 Å². The van der Waals surface area contributed by atoms with Crippen molar-refractivity contribution >= 4 is 27.7 Å². The van der Waals surface area contributed by atoms with Crippen LogP contribution in [0.25, 0.3) is 0 Å². The van der Waals surface area contributed by atoms with E-state index >= 15 is 0 Å². The van der Waals surface area contributed by atoms with Crippen LogP contribution >= 0.6 is 15.9 Å². The quantitative estimate of drug-likeness (QED) is 0.630. The van der Waals surface area contributed by atoms with Crippen molar-refractivity contribution in [1.29, 1.82) is 0 Å². The van der Waals surface area contributed by atoms with Gasteiger partial charge in [0.15, 0.2) is 6.61 Å². The van der Waals surface area contributed by atoms with E-state index in [0.29, 0.717) is 18.8 Å². The summed E-state index contributed by atoms with van der Waals surface area (Å²) in [7, 11) is 0. The minimum absolute atomic E-state index is 0.126. The van der Waals surface area contributed by atoms with Crippen molar-refractivity contribution in [3.05, 3.63) is 64.1 Å². The lowest BCUT2D eigenvalue weighted by Crippen LogP contribution is -2.49. The first kappa shape index (κ1) is 22.0. The van der Waals surface area contributed by atoms with E-state index < -0.39 is 6.04 Å². The molecular weight excluding hydrogens is 420 g/mol. The second-order valence-electron chi connectivity index (χ2n) is 6.72. The van der Waals surface area contributed by atoms with Crippen molar-refractivity contribution in [1.82, 2.24) is 10.2 Å². The minimum Gasteiger partial charge on any atom is -0.484 e. The van der Waals surface area contributed by atoms with Crippen molar-refractivity contribution < 1.29 is 14.3 Å². The molecule has 0 aliphatic heterocycles. The molecule has 0 unspecified atom stereocenters. The van der Waals surface area contributed by atoms with Gasteiger partial charge in [0, 0.05) is 17.6 Å². The molecule has 0 radical (unpaired) electrons. The summed E-state index contributed by atoms with van der Waals surface area (Å²) in [4.78, 5) is 26.9. The number of hydrogen-bond donors (Lipinski definition) is 1. The van der Waals surface area contributed by atoms with Gasteiger partial charge in [0.05, 0.1) is 0 Å². The van der Waals surface area contributed by atoms with Crippen molar-refractivity contribution in [2.75, 3.05) is 13.2 Å². The molecule has 0 aliphatic rings. The van der Waals surface area contributed by atoms with Gasteiger partial charge in [-0.25, -0.2) is 0 Å². The lowest BCUT2D eigenvalue weighted by molar-refractivity contribution is -0.142. The first-order valence-corrected chi connectivity index (χ1v) is 10.2. The highest BCUT2D eigenvalue weighted by Gasteiger charge is 2.26. The first-order valence-electron chi connectivity index (χ1n) is 9.41. The fraction of sp³-hybridized carbons (Fsp3) is 0.364. The van der Waals surface area contributed by atoms with Gasteiger partial charge in [-0.1, -0.05) is 52.7 Å². The van der Waals surface area contributed by atoms with Crippen LogP contribution in [-0.4, -0.2) is 35.9 Å². The molecule has 150 valence electrons. The molecule has 2 amide bonds. The maximum Gasteiger partial charge on any atom is 0.261 e. The molecule has 2 rings (SSSR count). The number of amides is 2. The van der Waals surface area contributed by atoms with Crippen molar-refractivity contribution in [3.63, 3.8) is 0 Å². The lowest BCUT2D eigenvalue weighted by atomic mass is 10.1. The van der Waals surface area contributed by atoms with Gasteiger partial charge in [-0.15, -0.1) is 0 Å². The maximum atomic E-state index is 12.9. The Kier molecular flexibility index (Phi) is 8.51. The van der Waals surface area contributed by atoms with E-state index in [0.717, 1.165) is 22.0 Å². The zero-order valence-corrected chi connectivity index (χ0v) is 18.2. The largest absolute Gasteiger partial charge is 0.484 e. The van der Waals surface area contributed by atoms with Crippen LogP contribution in [0, 0.1) is 6.92 Å². The number of hydrogen-bond acceptors (Lipinski definition) is 3. The summed E-state index contributed by atoms with van der Waals surface area (Å²) in [6.45, 7) is 6.56. The fourth-order valence-electron chi connectivity index (χ4n) is 2.74. The topological polar surface area (TPSA) is 58.6 Å². The van der Waals surface area contributed by atoms with Crippen LogP contribution in [0.2, 0.25) is 0 Å². The molecule has 1 atom stereocenters. The third kappa shape index (κ3) is 6.68. The fourth-order valence-corrected chi connectivity index (χ4v) is 3.01.